The lowest BCUT2D eigenvalue weighted by molar-refractivity contribution is -0.121. The highest BCUT2D eigenvalue weighted by molar-refractivity contribution is 5.79. The summed E-state index contributed by atoms with van der Waals surface area (Å²) in [6, 6.07) is 30.2. The number of nitrogens with one attached hydrogen (secondary N) is 1. The molecule has 0 aliphatic carbocycles. The quantitative estimate of drug-likeness (QED) is 0.512. The van der Waals surface area contributed by atoms with Gasteiger partial charge < -0.3 is 5.32 Å². The molecule has 1 amide bonds. The predicted molar refractivity (Wildman–Crippen MR) is 115 cm³/mol. The van der Waals surface area contributed by atoms with E-state index in [4.69, 9.17) is 0 Å². The van der Waals surface area contributed by atoms with Gasteiger partial charge in [-0.2, -0.15) is 5.10 Å². The van der Waals surface area contributed by atoms with Crippen LogP contribution in [0.2, 0.25) is 0 Å². The average molecular weight is 381 g/mol. The van der Waals surface area contributed by atoms with E-state index in [1.54, 1.807) is 10.9 Å². The Morgan fingerprint density at radius 2 is 1.45 bits per heavy atom. The van der Waals surface area contributed by atoms with Gasteiger partial charge in [-0.05, 0) is 35.2 Å². The fraction of sp³-hybridized carbons (Fsp3) is 0.120. The smallest absolute Gasteiger partial charge is 0.225 e. The first kappa shape index (κ1) is 18.7. The number of para-hydroxylation sites is 1. The van der Waals surface area contributed by atoms with Gasteiger partial charge in [-0.1, -0.05) is 78.9 Å². The van der Waals surface area contributed by atoms with Gasteiger partial charge in [-0.3, -0.25) is 4.79 Å². The summed E-state index contributed by atoms with van der Waals surface area (Å²) < 4.78 is 1.79. The molecule has 0 aliphatic rings. The molecule has 1 atom stereocenters. The zero-order valence-electron chi connectivity index (χ0n) is 16.1. The number of amides is 1. The van der Waals surface area contributed by atoms with Gasteiger partial charge in [0.25, 0.3) is 0 Å². The van der Waals surface area contributed by atoms with Crippen LogP contribution in [0.15, 0.2) is 103 Å². The molecule has 0 radical (unpaired) electrons. The zero-order chi connectivity index (χ0) is 19.9. The third kappa shape index (κ3) is 4.99. The summed E-state index contributed by atoms with van der Waals surface area (Å²) >= 11 is 0. The first-order chi connectivity index (χ1) is 14.3. The monoisotopic (exact) mass is 381 g/mol. The maximum atomic E-state index is 12.8. The van der Waals surface area contributed by atoms with Crippen LogP contribution >= 0.6 is 0 Å². The molecule has 1 aromatic heterocycles. The number of carbonyl (C=O) groups excluding carboxylic acids is 1. The summed E-state index contributed by atoms with van der Waals surface area (Å²) in [6.45, 7) is 0. The number of nitrogens with zero attached hydrogens (tertiary/aromatic N) is 2. The molecule has 0 saturated heterocycles. The second kappa shape index (κ2) is 9.02. The van der Waals surface area contributed by atoms with Crippen molar-refractivity contribution in [3.05, 3.63) is 120 Å². The molecule has 3 aromatic carbocycles. The van der Waals surface area contributed by atoms with Crippen LogP contribution in [0.1, 0.15) is 22.7 Å². The highest BCUT2D eigenvalue weighted by Crippen LogP contribution is 2.19. The molecular weight excluding hydrogens is 358 g/mol. The van der Waals surface area contributed by atoms with E-state index in [1.807, 2.05) is 72.9 Å². The molecular formula is C25H23N3O. The lowest BCUT2D eigenvalue weighted by atomic mass is 9.98. The van der Waals surface area contributed by atoms with Crippen molar-refractivity contribution in [2.45, 2.75) is 18.9 Å². The minimum Gasteiger partial charge on any atom is -0.349 e. The molecule has 1 heterocycles. The highest BCUT2D eigenvalue weighted by atomic mass is 16.1. The molecule has 0 aliphatic heterocycles. The molecule has 29 heavy (non-hydrogen) atoms. The highest BCUT2D eigenvalue weighted by Gasteiger charge is 2.16. The summed E-state index contributed by atoms with van der Waals surface area (Å²) in [5, 5.41) is 7.58. The van der Waals surface area contributed by atoms with E-state index in [0.29, 0.717) is 6.42 Å². The number of hydrogen-bond acceptors (Lipinski definition) is 2. The Bertz CT molecular complexity index is 1040. The van der Waals surface area contributed by atoms with Gasteiger partial charge in [0.1, 0.15) is 0 Å². The molecule has 144 valence electrons. The summed E-state index contributed by atoms with van der Waals surface area (Å²) in [6.07, 6.45) is 4.70. The van der Waals surface area contributed by atoms with Gasteiger partial charge in [0.05, 0.1) is 24.3 Å². The van der Waals surface area contributed by atoms with Crippen molar-refractivity contribution in [3.63, 3.8) is 0 Å². The van der Waals surface area contributed by atoms with Crippen LogP contribution in [0.5, 0.6) is 0 Å². The van der Waals surface area contributed by atoms with E-state index < -0.39 is 0 Å². The number of aromatic nitrogens is 2. The fourth-order valence-electron chi connectivity index (χ4n) is 3.39. The Hall–Kier alpha value is -3.66. The van der Waals surface area contributed by atoms with Crippen LogP contribution in [-0.2, 0) is 17.6 Å². The Balaban J connectivity index is 1.46. The standard InChI is InChI=1S/C25H23N3O/c29-25(17-21-18-26-28(19-21)23-14-8-3-9-15-23)27-24(22-12-6-2-7-13-22)16-20-10-4-1-5-11-20/h1-15,18-19,24H,16-17H2,(H,27,29). The molecule has 1 unspecified atom stereocenters. The maximum absolute atomic E-state index is 12.8. The van der Waals surface area contributed by atoms with Crippen molar-refractivity contribution in [2.24, 2.45) is 0 Å². The first-order valence-corrected chi connectivity index (χ1v) is 9.75. The van der Waals surface area contributed by atoms with Gasteiger partial charge in [0, 0.05) is 6.20 Å². The molecule has 4 heteroatoms. The normalized spacial score (nSPS) is 11.7. The molecule has 4 rings (SSSR count). The summed E-state index contributed by atoms with van der Waals surface area (Å²) in [5.74, 6) is -0.0117. The fourth-order valence-corrected chi connectivity index (χ4v) is 3.39. The maximum Gasteiger partial charge on any atom is 0.225 e. The van der Waals surface area contributed by atoms with Gasteiger partial charge in [0.2, 0.25) is 5.91 Å². The van der Waals surface area contributed by atoms with E-state index in [1.165, 1.54) is 5.56 Å². The topological polar surface area (TPSA) is 46.9 Å². The van der Waals surface area contributed by atoms with E-state index >= 15 is 0 Å². The zero-order valence-corrected chi connectivity index (χ0v) is 16.1. The summed E-state index contributed by atoms with van der Waals surface area (Å²) in [4.78, 5) is 12.8. The second-order valence-corrected chi connectivity index (χ2v) is 7.03. The molecule has 1 N–H and O–H groups in total. The van der Waals surface area contributed by atoms with Crippen molar-refractivity contribution < 1.29 is 4.79 Å². The molecule has 0 bridgehead atoms. The van der Waals surface area contributed by atoms with Crippen LogP contribution in [0.3, 0.4) is 0 Å². The third-order valence-corrected chi connectivity index (χ3v) is 4.84. The minimum absolute atomic E-state index is 0.0117. The van der Waals surface area contributed by atoms with Crippen molar-refractivity contribution in [3.8, 4) is 5.69 Å². The predicted octanol–water partition coefficient (Wildman–Crippen LogP) is 4.52. The van der Waals surface area contributed by atoms with Crippen LogP contribution in [0.25, 0.3) is 5.69 Å². The van der Waals surface area contributed by atoms with E-state index in [-0.39, 0.29) is 11.9 Å². The molecule has 4 nitrogen and oxygen atoms in total. The van der Waals surface area contributed by atoms with Crippen molar-refractivity contribution in [2.75, 3.05) is 0 Å². The van der Waals surface area contributed by atoms with Gasteiger partial charge in [-0.15, -0.1) is 0 Å². The average Bonchev–Trinajstić information content (AvgIpc) is 3.24. The van der Waals surface area contributed by atoms with Gasteiger partial charge in [0.15, 0.2) is 0 Å². The van der Waals surface area contributed by atoms with Crippen molar-refractivity contribution in [1.29, 1.82) is 0 Å². The third-order valence-electron chi connectivity index (χ3n) is 4.84. The molecule has 0 saturated carbocycles. The Morgan fingerprint density at radius 3 is 2.14 bits per heavy atom. The lowest BCUT2D eigenvalue weighted by Gasteiger charge is -2.19. The van der Waals surface area contributed by atoms with E-state index in [0.717, 1.165) is 23.2 Å². The molecule has 0 fully saturated rings. The SMILES string of the molecule is O=C(Cc1cnn(-c2ccccc2)c1)NC(Cc1ccccc1)c1ccccc1. The lowest BCUT2D eigenvalue weighted by Crippen LogP contribution is -2.31. The Morgan fingerprint density at radius 1 is 0.828 bits per heavy atom. The van der Waals surface area contributed by atoms with Gasteiger partial charge in [-0.25, -0.2) is 4.68 Å². The Kier molecular flexibility index (Phi) is 5.81. The molecule has 4 aromatic rings. The number of hydrogen-bond donors (Lipinski definition) is 1. The van der Waals surface area contributed by atoms with Crippen molar-refractivity contribution in [1.82, 2.24) is 15.1 Å². The van der Waals surface area contributed by atoms with Crippen molar-refractivity contribution >= 4 is 5.91 Å². The largest absolute Gasteiger partial charge is 0.349 e. The van der Waals surface area contributed by atoms with Crippen LogP contribution in [0.4, 0.5) is 0 Å². The van der Waals surface area contributed by atoms with E-state index in [9.17, 15) is 4.79 Å². The molecule has 0 spiro atoms. The van der Waals surface area contributed by atoms with Crippen LogP contribution in [0, 0.1) is 0 Å². The van der Waals surface area contributed by atoms with Gasteiger partial charge >= 0.3 is 0 Å². The first-order valence-electron chi connectivity index (χ1n) is 9.75. The number of carbonyl (C=O) groups is 1. The second-order valence-electron chi connectivity index (χ2n) is 7.03. The van der Waals surface area contributed by atoms with E-state index in [2.05, 4.69) is 34.7 Å². The number of rotatable bonds is 7. The van der Waals surface area contributed by atoms with Crippen LogP contribution < -0.4 is 5.32 Å². The van der Waals surface area contributed by atoms with Crippen LogP contribution in [-0.4, -0.2) is 15.7 Å². The summed E-state index contributed by atoms with van der Waals surface area (Å²) in [7, 11) is 0. The number of benzene rings is 3. The summed E-state index contributed by atoms with van der Waals surface area (Å²) in [5.41, 5.74) is 4.16. The Labute approximate surface area is 170 Å². The minimum atomic E-state index is -0.0738.